The number of fused-ring (bicyclic) bond motifs is 1. The second-order valence-electron chi connectivity index (χ2n) is 7.29. The Morgan fingerprint density at radius 2 is 1.93 bits per heavy atom. The Hall–Kier alpha value is -3.32. The van der Waals surface area contributed by atoms with Crippen LogP contribution in [0.25, 0.3) is 0 Å². The molecule has 3 aromatic rings. The molecule has 1 N–H and O–H groups in total. The zero-order valence-corrected chi connectivity index (χ0v) is 16.4. The molecule has 0 unspecified atom stereocenters. The minimum absolute atomic E-state index is 0.0345. The summed E-state index contributed by atoms with van der Waals surface area (Å²) in [5.41, 5.74) is 2.68. The van der Waals surface area contributed by atoms with Gasteiger partial charge in [-0.2, -0.15) is 0 Å². The summed E-state index contributed by atoms with van der Waals surface area (Å²) in [5.74, 6) is 0.0200. The third kappa shape index (κ3) is 4.80. The van der Waals surface area contributed by atoms with E-state index in [4.69, 9.17) is 4.74 Å². The minimum Gasteiger partial charge on any atom is -0.367 e. The zero-order chi connectivity index (χ0) is 20.9. The van der Waals surface area contributed by atoms with Gasteiger partial charge in [-0.25, -0.2) is 9.37 Å². The molecule has 1 aliphatic rings. The summed E-state index contributed by atoms with van der Waals surface area (Å²) in [7, 11) is 0. The van der Waals surface area contributed by atoms with Crippen molar-refractivity contribution < 1.29 is 13.9 Å². The standard InChI is InChI=1S/C23H22FN3O3/c24-18-8-4-7-17(11-18)12-21-25-20-9-10-27(13-19(20)23(29)26-21)22(28)15-30-14-16-5-2-1-3-6-16/h1-8,11H,9-10,12-15H2,(H,25,26,29). The van der Waals surface area contributed by atoms with Crippen LogP contribution in [-0.4, -0.2) is 33.9 Å². The Bertz CT molecular complexity index is 1100. The van der Waals surface area contributed by atoms with Crippen LogP contribution < -0.4 is 5.56 Å². The van der Waals surface area contributed by atoms with Crippen molar-refractivity contribution in [3.8, 4) is 0 Å². The summed E-state index contributed by atoms with van der Waals surface area (Å²) >= 11 is 0. The van der Waals surface area contributed by atoms with Crippen molar-refractivity contribution in [3.05, 3.63) is 99.0 Å². The maximum atomic E-state index is 13.4. The molecular weight excluding hydrogens is 385 g/mol. The average Bonchev–Trinajstić information content (AvgIpc) is 2.74. The van der Waals surface area contributed by atoms with Crippen LogP contribution >= 0.6 is 0 Å². The fraction of sp³-hybridized carbons (Fsp3) is 0.261. The number of hydrogen-bond donors (Lipinski definition) is 1. The van der Waals surface area contributed by atoms with Gasteiger partial charge in [0.2, 0.25) is 5.91 Å². The molecule has 0 saturated heterocycles. The lowest BCUT2D eigenvalue weighted by atomic mass is 10.1. The first-order chi connectivity index (χ1) is 14.6. The first kappa shape index (κ1) is 20.0. The molecule has 1 amide bonds. The van der Waals surface area contributed by atoms with Crippen LogP contribution in [-0.2, 0) is 35.5 Å². The van der Waals surface area contributed by atoms with Crippen molar-refractivity contribution in [3.63, 3.8) is 0 Å². The van der Waals surface area contributed by atoms with Gasteiger partial charge in [-0.3, -0.25) is 9.59 Å². The second-order valence-corrected chi connectivity index (χ2v) is 7.29. The van der Waals surface area contributed by atoms with Gasteiger partial charge in [-0.15, -0.1) is 0 Å². The molecule has 1 aliphatic heterocycles. The van der Waals surface area contributed by atoms with E-state index in [1.54, 1.807) is 17.0 Å². The molecule has 6 nitrogen and oxygen atoms in total. The van der Waals surface area contributed by atoms with Gasteiger partial charge < -0.3 is 14.6 Å². The molecule has 0 aliphatic carbocycles. The van der Waals surface area contributed by atoms with Gasteiger partial charge in [-0.1, -0.05) is 42.5 Å². The summed E-state index contributed by atoms with van der Waals surface area (Å²) in [5, 5.41) is 0. The van der Waals surface area contributed by atoms with E-state index in [1.807, 2.05) is 30.3 Å². The van der Waals surface area contributed by atoms with Gasteiger partial charge in [0.05, 0.1) is 24.4 Å². The van der Waals surface area contributed by atoms with E-state index >= 15 is 0 Å². The predicted molar refractivity (Wildman–Crippen MR) is 109 cm³/mol. The molecule has 30 heavy (non-hydrogen) atoms. The number of carbonyl (C=O) groups is 1. The third-order valence-electron chi connectivity index (χ3n) is 5.07. The lowest BCUT2D eigenvalue weighted by Crippen LogP contribution is -2.41. The second kappa shape index (κ2) is 9.00. The SMILES string of the molecule is O=C(COCc1ccccc1)N1CCc2nc(Cc3cccc(F)c3)[nH]c(=O)c2C1. The van der Waals surface area contributed by atoms with E-state index in [0.717, 1.165) is 11.1 Å². The summed E-state index contributed by atoms with van der Waals surface area (Å²) in [6, 6.07) is 15.9. The van der Waals surface area contributed by atoms with E-state index in [2.05, 4.69) is 9.97 Å². The number of carbonyl (C=O) groups excluding carboxylic acids is 1. The van der Waals surface area contributed by atoms with E-state index < -0.39 is 0 Å². The number of H-pyrrole nitrogens is 1. The predicted octanol–water partition coefficient (Wildman–Crippen LogP) is 2.60. The number of hydrogen-bond acceptors (Lipinski definition) is 4. The molecule has 0 spiro atoms. The highest BCUT2D eigenvalue weighted by atomic mass is 19.1. The molecule has 0 radical (unpaired) electrons. The molecule has 0 fully saturated rings. The average molecular weight is 407 g/mol. The van der Waals surface area contributed by atoms with Crippen molar-refractivity contribution in [1.82, 2.24) is 14.9 Å². The molecule has 2 aromatic carbocycles. The summed E-state index contributed by atoms with van der Waals surface area (Å²) in [6.45, 7) is 1.03. The molecule has 7 heteroatoms. The van der Waals surface area contributed by atoms with Gasteiger partial charge in [0.15, 0.2) is 0 Å². The first-order valence-corrected chi connectivity index (χ1v) is 9.83. The minimum atomic E-state index is -0.323. The molecule has 1 aromatic heterocycles. The lowest BCUT2D eigenvalue weighted by Gasteiger charge is -2.27. The fourth-order valence-corrected chi connectivity index (χ4v) is 3.54. The quantitative estimate of drug-likeness (QED) is 0.682. The number of nitrogens with zero attached hydrogens (tertiary/aromatic N) is 2. The van der Waals surface area contributed by atoms with Gasteiger partial charge in [-0.05, 0) is 23.3 Å². The highest BCUT2D eigenvalue weighted by Gasteiger charge is 2.24. The topological polar surface area (TPSA) is 75.3 Å². The van der Waals surface area contributed by atoms with Crippen LogP contribution in [0.3, 0.4) is 0 Å². The lowest BCUT2D eigenvalue weighted by molar-refractivity contribution is -0.137. The Morgan fingerprint density at radius 3 is 2.73 bits per heavy atom. The van der Waals surface area contributed by atoms with Crippen LogP contribution in [0.1, 0.15) is 28.2 Å². The number of halogens is 1. The summed E-state index contributed by atoms with van der Waals surface area (Å²) in [4.78, 5) is 34.0. The van der Waals surface area contributed by atoms with Gasteiger partial charge >= 0.3 is 0 Å². The highest BCUT2D eigenvalue weighted by molar-refractivity contribution is 5.77. The molecular formula is C23H22FN3O3. The fourth-order valence-electron chi connectivity index (χ4n) is 3.54. The highest BCUT2D eigenvalue weighted by Crippen LogP contribution is 2.15. The van der Waals surface area contributed by atoms with E-state index in [-0.39, 0.29) is 30.4 Å². The largest absolute Gasteiger partial charge is 0.367 e. The third-order valence-corrected chi connectivity index (χ3v) is 5.07. The maximum Gasteiger partial charge on any atom is 0.256 e. The van der Waals surface area contributed by atoms with Gasteiger partial charge in [0, 0.05) is 19.4 Å². The number of ether oxygens (including phenoxy) is 1. The maximum absolute atomic E-state index is 13.4. The monoisotopic (exact) mass is 407 g/mol. The van der Waals surface area contributed by atoms with Crippen LogP contribution in [0.4, 0.5) is 4.39 Å². The van der Waals surface area contributed by atoms with Gasteiger partial charge in [0.1, 0.15) is 18.2 Å². The smallest absolute Gasteiger partial charge is 0.256 e. The molecule has 154 valence electrons. The molecule has 0 atom stereocenters. The summed E-state index contributed by atoms with van der Waals surface area (Å²) < 4.78 is 18.9. The Labute approximate surface area is 173 Å². The number of aromatic amines is 1. The Balaban J connectivity index is 1.38. The number of amides is 1. The number of rotatable bonds is 6. The van der Waals surface area contributed by atoms with Gasteiger partial charge in [0.25, 0.3) is 5.56 Å². The van der Waals surface area contributed by atoms with Crippen LogP contribution in [0.2, 0.25) is 0 Å². The van der Waals surface area contributed by atoms with E-state index in [1.165, 1.54) is 12.1 Å². The Kier molecular flexibility index (Phi) is 5.99. The molecule has 0 bridgehead atoms. The number of nitrogens with one attached hydrogen (secondary N) is 1. The van der Waals surface area contributed by atoms with E-state index in [0.29, 0.717) is 43.1 Å². The van der Waals surface area contributed by atoms with E-state index in [9.17, 15) is 14.0 Å². The summed E-state index contributed by atoms with van der Waals surface area (Å²) in [6.07, 6.45) is 0.843. The number of aromatic nitrogens is 2. The van der Waals surface area contributed by atoms with Crippen molar-refractivity contribution in [2.24, 2.45) is 0 Å². The molecule has 2 heterocycles. The molecule has 4 rings (SSSR count). The first-order valence-electron chi connectivity index (χ1n) is 9.83. The zero-order valence-electron chi connectivity index (χ0n) is 16.4. The van der Waals surface area contributed by atoms with Crippen molar-refractivity contribution >= 4 is 5.91 Å². The van der Waals surface area contributed by atoms with Crippen molar-refractivity contribution in [2.45, 2.75) is 26.0 Å². The molecule has 0 saturated carbocycles. The normalized spacial score (nSPS) is 13.2. The van der Waals surface area contributed by atoms with Crippen molar-refractivity contribution in [1.29, 1.82) is 0 Å². The van der Waals surface area contributed by atoms with Crippen LogP contribution in [0, 0.1) is 5.82 Å². The number of benzene rings is 2. The van der Waals surface area contributed by atoms with Crippen LogP contribution in [0.15, 0.2) is 59.4 Å². The van der Waals surface area contributed by atoms with Crippen molar-refractivity contribution in [2.75, 3.05) is 13.2 Å². The van der Waals surface area contributed by atoms with Crippen LogP contribution in [0.5, 0.6) is 0 Å². The Morgan fingerprint density at radius 1 is 1.13 bits per heavy atom.